The third-order valence-electron chi connectivity index (χ3n) is 3.78. The molecule has 2 atom stereocenters. The topological polar surface area (TPSA) is 69.6 Å². The van der Waals surface area contributed by atoms with Crippen molar-refractivity contribution in [1.82, 2.24) is 10.2 Å². The Labute approximate surface area is 125 Å². The molecule has 1 saturated carbocycles. The number of amides is 2. The number of benzene rings is 1. The fourth-order valence-electron chi connectivity index (χ4n) is 2.48. The molecule has 0 heterocycles. The van der Waals surface area contributed by atoms with Crippen LogP contribution in [0, 0.1) is 0 Å². The molecule has 114 valence electrons. The SMILES string of the molecule is CC(C)N(CCC(=O)O)C(=O)NC1CC1c1ccccc1. The zero-order chi connectivity index (χ0) is 15.4. The lowest BCUT2D eigenvalue weighted by molar-refractivity contribution is -0.137. The molecular weight excluding hydrogens is 268 g/mol. The average molecular weight is 290 g/mol. The normalized spacial score (nSPS) is 20.1. The first-order valence-electron chi connectivity index (χ1n) is 7.33. The van der Waals surface area contributed by atoms with E-state index in [1.54, 1.807) is 4.90 Å². The summed E-state index contributed by atoms with van der Waals surface area (Å²) >= 11 is 0. The molecule has 2 N–H and O–H groups in total. The molecule has 0 radical (unpaired) electrons. The quantitative estimate of drug-likeness (QED) is 0.845. The number of hydrogen-bond donors (Lipinski definition) is 2. The minimum atomic E-state index is -0.887. The van der Waals surface area contributed by atoms with E-state index in [9.17, 15) is 9.59 Å². The summed E-state index contributed by atoms with van der Waals surface area (Å²) in [7, 11) is 0. The second-order valence-corrected chi connectivity index (χ2v) is 5.74. The number of carboxylic acids is 1. The van der Waals surface area contributed by atoms with Gasteiger partial charge in [-0.15, -0.1) is 0 Å². The Morgan fingerprint density at radius 3 is 2.57 bits per heavy atom. The highest BCUT2D eigenvalue weighted by Gasteiger charge is 2.40. The van der Waals surface area contributed by atoms with Crippen molar-refractivity contribution in [3.63, 3.8) is 0 Å². The summed E-state index contributed by atoms with van der Waals surface area (Å²) in [6.07, 6.45) is 0.916. The van der Waals surface area contributed by atoms with Crippen LogP contribution in [0.4, 0.5) is 4.79 Å². The average Bonchev–Trinajstić information content (AvgIpc) is 3.18. The van der Waals surface area contributed by atoms with Crippen molar-refractivity contribution in [2.45, 2.75) is 44.7 Å². The third kappa shape index (κ3) is 4.21. The summed E-state index contributed by atoms with van der Waals surface area (Å²) in [5.41, 5.74) is 1.24. The summed E-state index contributed by atoms with van der Waals surface area (Å²) in [5, 5.41) is 11.8. The number of carbonyl (C=O) groups excluding carboxylic acids is 1. The van der Waals surface area contributed by atoms with Gasteiger partial charge in [0.25, 0.3) is 0 Å². The summed E-state index contributed by atoms with van der Waals surface area (Å²) in [5.74, 6) is -0.509. The van der Waals surface area contributed by atoms with Gasteiger partial charge in [-0.2, -0.15) is 0 Å². The maximum atomic E-state index is 12.2. The number of aliphatic carboxylic acids is 1. The maximum Gasteiger partial charge on any atom is 0.317 e. The van der Waals surface area contributed by atoms with Crippen LogP contribution in [-0.2, 0) is 4.79 Å². The number of nitrogens with one attached hydrogen (secondary N) is 1. The molecule has 5 nitrogen and oxygen atoms in total. The van der Waals surface area contributed by atoms with Gasteiger partial charge < -0.3 is 15.3 Å². The van der Waals surface area contributed by atoms with Gasteiger partial charge in [-0.1, -0.05) is 30.3 Å². The first kappa shape index (κ1) is 15.4. The molecule has 0 aliphatic heterocycles. The van der Waals surface area contributed by atoms with E-state index in [4.69, 9.17) is 5.11 Å². The number of hydrogen-bond acceptors (Lipinski definition) is 2. The van der Waals surface area contributed by atoms with Gasteiger partial charge in [-0.25, -0.2) is 4.79 Å². The molecular formula is C16H22N2O3. The lowest BCUT2D eigenvalue weighted by atomic mass is 10.1. The Balaban J connectivity index is 1.87. The van der Waals surface area contributed by atoms with Gasteiger partial charge >= 0.3 is 12.0 Å². The summed E-state index contributed by atoms with van der Waals surface area (Å²) < 4.78 is 0. The van der Waals surface area contributed by atoms with Crippen LogP contribution in [0.3, 0.4) is 0 Å². The molecule has 1 aliphatic carbocycles. The number of nitrogens with zero attached hydrogens (tertiary/aromatic N) is 1. The standard InChI is InChI=1S/C16H22N2O3/c1-11(2)18(9-8-15(19)20)16(21)17-14-10-13(14)12-6-4-3-5-7-12/h3-7,11,13-14H,8-10H2,1-2H3,(H,17,21)(H,19,20). The van der Waals surface area contributed by atoms with Gasteiger partial charge in [0.1, 0.15) is 0 Å². The van der Waals surface area contributed by atoms with Gasteiger partial charge in [0.2, 0.25) is 0 Å². The molecule has 1 aromatic carbocycles. The predicted molar refractivity (Wildman–Crippen MR) is 80.2 cm³/mol. The lowest BCUT2D eigenvalue weighted by Gasteiger charge is -2.26. The van der Waals surface area contributed by atoms with E-state index < -0.39 is 5.97 Å². The highest BCUT2D eigenvalue weighted by Crippen LogP contribution is 2.40. The van der Waals surface area contributed by atoms with E-state index in [-0.39, 0.29) is 31.1 Å². The largest absolute Gasteiger partial charge is 0.481 e. The minimum absolute atomic E-state index is 0.0155. The molecule has 5 heteroatoms. The van der Waals surface area contributed by atoms with Crippen LogP contribution in [0.2, 0.25) is 0 Å². The number of urea groups is 1. The first-order valence-corrected chi connectivity index (χ1v) is 7.33. The Hall–Kier alpha value is -2.04. The van der Waals surface area contributed by atoms with Crippen LogP contribution in [0.15, 0.2) is 30.3 Å². The van der Waals surface area contributed by atoms with Gasteiger partial charge in [-0.05, 0) is 25.8 Å². The number of carboxylic acid groups (broad SMARTS) is 1. The molecule has 1 fully saturated rings. The summed E-state index contributed by atoms with van der Waals surface area (Å²) in [4.78, 5) is 24.5. The van der Waals surface area contributed by atoms with Crippen molar-refractivity contribution >= 4 is 12.0 Å². The van der Waals surface area contributed by atoms with Gasteiger partial charge in [0.05, 0.1) is 6.42 Å². The minimum Gasteiger partial charge on any atom is -0.481 e. The van der Waals surface area contributed by atoms with E-state index in [0.717, 1.165) is 6.42 Å². The second-order valence-electron chi connectivity index (χ2n) is 5.74. The van der Waals surface area contributed by atoms with Crippen molar-refractivity contribution in [3.05, 3.63) is 35.9 Å². The van der Waals surface area contributed by atoms with E-state index in [2.05, 4.69) is 17.4 Å². The summed E-state index contributed by atoms with van der Waals surface area (Å²) in [6.45, 7) is 4.02. The molecule has 2 amide bonds. The van der Waals surface area contributed by atoms with Crippen LogP contribution >= 0.6 is 0 Å². The van der Waals surface area contributed by atoms with Gasteiger partial charge in [0.15, 0.2) is 0 Å². The van der Waals surface area contributed by atoms with E-state index in [1.165, 1.54) is 5.56 Å². The lowest BCUT2D eigenvalue weighted by Crippen LogP contribution is -2.45. The van der Waals surface area contributed by atoms with Crippen molar-refractivity contribution in [2.24, 2.45) is 0 Å². The maximum absolute atomic E-state index is 12.2. The van der Waals surface area contributed by atoms with Crippen LogP contribution in [0.5, 0.6) is 0 Å². The molecule has 0 aromatic heterocycles. The Kier molecular flexibility index (Phi) is 4.83. The summed E-state index contributed by atoms with van der Waals surface area (Å²) in [6, 6.07) is 10.1. The predicted octanol–water partition coefficient (Wildman–Crippen LogP) is 2.44. The number of carbonyl (C=O) groups is 2. The van der Waals surface area contributed by atoms with Gasteiger partial charge in [-0.3, -0.25) is 4.79 Å². The van der Waals surface area contributed by atoms with Crippen molar-refractivity contribution in [3.8, 4) is 0 Å². The van der Waals surface area contributed by atoms with Crippen LogP contribution < -0.4 is 5.32 Å². The Morgan fingerprint density at radius 1 is 1.33 bits per heavy atom. The van der Waals surface area contributed by atoms with E-state index >= 15 is 0 Å². The third-order valence-corrected chi connectivity index (χ3v) is 3.78. The molecule has 0 saturated heterocycles. The second kappa shape index (κ2) is 6.61. The monoisotopic (exact) mass is 290 g/mol. The molecule has 2 unspecified atom stereocenters. The fourth-order valence-corrected chi connectivity index (χ4v) is 2.48. The van der Waals surface area contributed by atoms with Crippen LogP contribution in [0.1, 0.15) is 38.2 Å². The highest BCUT2D eigenvalue weighted by molar-refractivity contribution is 5.76. The first-order chi connectivity index (χ1) is 9.99. The van der Waals surface area contributed by atoms with Crippen molar-refractivity contribution in [2.75, 3.05) is 6.54 Å². The van der Waals surface area contributed by atoms with Gasteiger partial charge in [0, 0.05) is 24.5 Å². The van der Waals surface area contributed by atoms with E-state index in [0.29, 0.717) is 5.92 Å². The molecule has 1 aliphatic rings. The molecule has 21 heavy (non-hydrogen) atoms. The van der Waals surface area contributed by atoms with Crippen LogP contribution in [0.25, 0.3) is 0 Å². The molecule has 1 aromatic rings. The molecule has 2 rings (SSSR count). The van der Waals surface area contributed by atoms with Crippen LogP contribution in [-0.4, -0.2) is 40.6 Å². The Morgan fingerprint density at radius 2 is 2.00 bits per heavy atom. The zero-order valence-electron chi connectivity index (χ0n) is 12.5. The highest BCUT2D eigenvalue weighted by atomic mass is 16.4. The molecule has 0 spiro atoms. The fraction of sp³-hybridized carbons (Fsp3) is 0.500. The zero-order valence-corrected chi connectivity index (χ0v) is 12.5. The van der Waals surface area contributed by atoms with E-state index in [1.807, 2.05) is 32.0 Å². The number of rotatable bonds is 6. The molecule has 0 bridgehead atoms. The van der Waals surface area contributed by atoms with Crippen molar-refractivity contribution < 1.29 is 14.7 Å². The Bertz CT molecular complexity index is 502. The van der Waals surface area contributed by atoms with Crippen molar-refractivity contribution in [1.29, 1.82) is 0 Å². The smallest absolute Gasteiger partial charge is 0.317 e.